The van der Waals surface area contributed by atoms with Crippen LogP contribution in [0, 0.1) is 18.8 Å². The monoisotopic (exact) mass is 351 g/mol. The normalized spacial score (nSPS) is 25.4. The second kappa shape index (κ2) is 6.38. The Balaban J connectivity index is 1.49. The molecule has 0 radical (unpaired) electrons. The van der Waals surface area contributed by atoms with Crippen LogP contribution in [0.5, 0.6) is 0 Å². The van der Waals surface area contributed by atoms with E-state index in [0.29, 0.717) is 31.1 Å². The third-order valence-electron chi connectivity index (χ3n) is 5.71. The molecule has 2 heterocycles. The fourth-order valence-electron chi connectivity index (χ4n) is 3.89. The van der Waals surface area contributed by atoms with Crippen LogP contribution in [0.1, 0.15) is 36.2 Å². The zero-order valence-electron chi connectivity index (χ0n) is 15.6. The number of pyridine rings is 1. The van der Waals surface area contributed by atoms with Crippen molar-refractivity contribution in [2.75, 3.05) is 19.6 Å². The quantitative estimate of drug-likeness (QED) is 0.836. The summed E-state index contributed by atoms with van der Waals surface area (Å²) in [5, 5.41) is 0.986. The molecule has 136 valence electrons. The second-order valence-corrected chi connectivity index (χ2v) is 7.87. The molecule has 1 aliphatic heterocycles. The van der Waals surface area contributed by atoms with Gasteiger partial charge < -0.3 is 9.80 Å². The summed E-state index contributed by atoms with van der Waals surface area (Å²) in [6, 6.07) is 7.99. The average molecular weight is 351 g/mol. The van der Waals surface area contributed by atoms with Crippen LogP contribution in [-0.4, -0.2) is 52.3 Å². The smallest absolute Gasteiger partial charge is 0.255 e. The van der Waals surface area contributed by atoms with Crippen molar-refractivity contribution >= 4 is 22.7 Å². The fraction of sp³-hybridized carbons (Fsp3) is 0.476. The average Bonchev–Trinajstić information content (AvgIpc) is 3.36. The topological polar surface area (TPSA) is 53.5 Å². The Morgan fingerprint density at radius 3 is 2.62 bits per heavy atom. The number of fused-ring (bicyclic) bond motifs is 1. The lowest BCUT2D eigenvalue weighted by Crippen LogP contribution is -2.55. The minimum Gasteiger partial charge on any atom is -0.339 e. The molecule has 0 unspecified atom stereocenters. The summed E-state index contributed by atoms with van der Waals surface area (Å²) in [4.78, 5) is 33.7. The van der Waals surface area contributed by atoms with E-state index in [4.69, 9.17) is 0 Å². The van der Waals surface area contributed by atoms with E-state index in [1.165, 1.54) is 0 Å². The van der Waals surface area contributed by atoms with Crippen molar-refractivity contribution in [2.24, 2.45) is 11.8 Å². The molecule has 0 bridgehead atoms. The second-order valence-electron chi connectivity index (χ2n) is 7.87. The maximum atomic E-state index is 13.0. The molecule has 2 amide bonds. The first-order chi connectivity index (χ1) is 12.4. The molecule has 1 aliphatic carbocycles. The maximum Gasteiger partial charge on any atom is 0.255 e. The minimum atomic E-state index is 0.000273. The zero-order valence-corrected chi connectivity index (χ0v) is 15.6. The van der Waals surface area contributed by atoms with Gasteiger partial charge in [0.2, 0.25) is 5.91 Å². The number of carbonyl (C=O) groups excluding carboxylic acids is 2. The van der Waals surface area contributed by atoms with Crippen LogP contribution in [0.15, 0.2) is 30.5 Å². The van der Waals surface area contributed by atoms with Gasteiger partial charge in [-0.25, -0.2) is 0 Å². The first-order valence-electron chi connectivity index (χ1n) is 9.40. The van der Waals surface area contributed by atoms with Crippen LogP contribution >= 0.6 is 0 Å². The summed E-state index contributed by atoms with van der Waals surface area (Å²) in [6.07, 6.45) is 2.67. The molecule has 1 aromatic carbocycles. The third kappa shape index (κ3) is 3.06. The molecule has 0 spiro atoms. The number of amides is 2. The van der Waals surface area contributed by atoms with Gasteiger partial charge in [-0.05, 0) is 44.4 Å². The van der Waals surface area contributed by atoms with Crippen LogP contribution in [-0.2, 0) is 4.79 Å². The van der Waals surface area contributed by atoms with Crippen LogP contribution in [0.25, 0.3) is 10.9 Å². The van der Waals surface area contributed by atoms with Gasteiger partial charge in [-0.1, -0.05) is 18.6 Å². The number of benzene rings is 1. The Bertz CT molecular complexity index is 879. The molecule has 5 nitrogen and oxygen atoms in total. The highest BCUT2D eigenvalue weighted by Crippen LogP contribution is 2.39. The Labute approximate surface area is 154 Å². The molecule has 3 atom stereocenters. The predicted molar refractivity (Wildman–Crippen MR) is 101 cm³/mol. The molecule has 26 heavy (non-hydrogen) atoms. The van der Waals surface area contributed by atoms with Gasteiger partial charge >= 0.3 is 0 Å². The van der Waals surface area contributed by atoms with E-state index in [-0.39, 0.29) is 23.8 Å². The summed E-state index contributed by atoms with van der Waals surface area (Å²) in [7, 11) is 0. The van der Waals surface area contributed by atoms with Crippen molar-refractivity contribution in [1.29, 1.82) is 0 Å². The van der Waals surface area contributed by atoms with Gasteiger partial charge in [-0.3, -0.25) is 14.6 Å². The molecule has 1 saturated heterocycles. The highest BCUT2D eigenvalue weighted by atomic mass is 16.2. The number of carbonyl (C=O) groups is 2. The van der Waals surface area contributed by atoms with Crippen LogP contribution in [0.2, 0.25) is 0 Å². The van der Waals surface area contributed by atoms with Gasteiger partial charge in [0.15, 0.2) is 0 Å². The molecule has 5 heteroatoms. The predicted octanol–water partition coefficient (Wildman–Crippen LogP) is 2.87. The summed E-state index contributed by atoms with van der Waals surface area (Å²) >= 11 is 0. The Kier molecular flexibility index (Phi) is 4.17. The van der Waals surface area contributed by atoms with E-state index in [2.05, 4.69) is 18.0 Å². The molecule has 2 aromatic rings. The number of hydrogen-bond donors (Lipinski definition) is 0. The van der Waals surface area contributed by atoms with E-state index in [1.807, 2.05) is 41.8 Å². The summed E-state index contributed by atoms with van der Waals surface area (Å²) in [5.41, 5.74) is 2.67. The Morgan fingerprint density at radius 1 is 1.15 bits per heavy atom. The highest BCUT2D eigenvalue weighted by molar-refractivity contribution is 5.97. The van der Waals surface area contributed by atoms with Crippen molar-refractivity contribution in [3.8, 4) is 0 Å². The summed E-state index contributed by atoms with van der Waals surface area (Å²) in [6.45, 7) is 8.00. The lowest BCUT2D eigenvalue weighted by molar-refractivity contribution is -0.135. The number of piperazine rings is 1. The number of aromatic nitrogens is 1. The largest absolute Gasteiger partial charge is 0.339 e. The molecule has 0 N–H and O–H groups in total. The number of rotatable bonds is 2. The van der Waals surface area contributed by atoms with Gasteiger partial charge in [0.05, 0.1) is 11.1 Å². The standard InChI is InChI=1S/C21H25N3O2/c1-13-4-5-19-16(8-13)10-17(11-22-19)20(25)24-7-6-23(12-15(24)3)21(26)18-9-14(18)2/h4-5,8,10-11,14-15,18H,6-7,9,12H2,1-3H3/t14-,15-,18-/m0/s1. The Hall–Kier alpha value is -2.43. The van der Waals surface area contributed by atoms with Gasteiger partial charge in [0.1, 0.15) is 0 Å². The van der Waals surface area contributed by atoms with Gasteiger partial charge in [0.25, 0.3) is 5.91 Å². The van der Waals surface area contributed by atoms with E-state index in [0.717, 1.165) is 22.9 Å². The summed E-state index contributed by atoms with van der Waals surface area (Å²) in [5.74, 6) is 0.988. The summed E-state index contributed by atoms with van der Waals surface area (Å²) < 4.78 is 0. The SMILES string of the molecule is Cc1ccc2ncc(C(=O)N3CCN(C(=O)[C@H]4C[C@@H]4C)C[C@@H]3C)cc2c1. The van der Waals surface area contributed by atoms with E-state index < -0.39 is 0 Å². The van der Waals surface area contributed by atoms with Crippen molar-refractivity contribution < 1.29 is 9.59 Å². The zero-order chi connectivity index (χ0) is 18.4. The van der Waals surface area contributed by atoms with E-state index in [1.54, 1.807) is 6.20 Å². The molecular weight excluding hydrogens is 326 g/mol. The van der Waals surface area contributed by atoms with Gasteiger partial charge in [0, 0.05) is 43.2 Å². The number of hydrogen-bond acceptors (Lipinski definition) is 3. The Morgan fingerprint density at radius 2 is 1.92 bits per heavy atom. The lowest BCUT2D eigenvalue weighted by Gasteiger charge is -2.40. The first-order valence-corrected chi connectivity index (χ1v) is 9.40. The molecule has 1 aromatic heterocycles. The maximum absolute atomic E-state index is 13.0. The van der Waals surface area contributed by atoms with Crippen molar-refractivity contribution in [1.82, 2.24) is 14.8 Å². The molecule has 2 aliphatic rings. The third-order valence-corrected chi connectivity index (χ3v) is 5.71. The van der Waals surface area contributed by atoms with E-state index >= 15 is 0 Å². The number of nitrogens with zero attached hydrogens (tertiary/aromatic N) is 3. The minimum absolute atomic E-state index is 0.000273. The van der Waals surface area contributed by atoms with Gasteiger partial charge in [-0.15, -0.1) is 0 Å². The molecule has 4 rings (SSSR count). The molecule has 2 fully saturated rings. The fourth-order valence-corrected chi connectivity index (χ4v) is 3.89. The first kappa shape index (κ1) is 17.0. The van der Waals surface area contributed by atoms with Gasteiger partial charge in [-0.2, -0.15) is 0 Å². The van der Waals surface area contributed by atoms with Crippen LogP contribution < -0.4 is 0 Å². The van der Waals surface area contributed by atoms with E-state index in [9.17, 15) is 9.59 Å². The molecule has 1 saturated carbocycles. The van der Waals surface area contributed by atoms with Crippen molar-refractivity contribution in [2.45, 2.75) is 33.2 Å². The van der Waals surface area contributed by atoms with Crippen molar-refractivity contribution in [3.63, 3.8) is 0 Å². The highest BCUT2D eigenvalue weighted by Gasteiger charge is 2.43. The van der Waals surface area contributed by atoms with Crippen molar-refractivity contribution in [3.05, 3.63) is 41.6 Å². The lowest BCUT2D eigenvalue weighted by atomic mass is 10.1. The molecular formula is C21H25N3O2. The van der Waals surface area contributed by atoms with Crippen LogP contribution in [0.4, 0.5) is 0 Å². The van der Waals surface area contributed by atoms with Crippen LogP contribution in [0.3, 0.4) is 0 Å². The number of aryl methyl sites for hydroxylation is 1.